The fourth-order valence-corrected chi connectivity index (χ4v) is 2.75. The first-order valence-electron chi connectivity index (χ1n) is 5.76. The Balaban J connectivity index is 2.09. The van der Waals surface area contributed by atoms with E-state index in [0.717, 1.165) is 12.8 Å². The molecule has 0 radical (unpaired) electrons. The number of aromatic nitrogens is 1. The second kappa shape index (κ2) is 5.45. The van der Waals surface area contributed by atoms with Crippen molar-refractivity contribution in [2.45, 2.75) is 25.8 Å². The van der Waals surface area contributed by atoms with Crippen LogP contribution in [0.3, 0.4) is 0 Å². The molecular formula is C11H15N3O3S. The van der Waals surface area contributed by atoms with E-state index in [9.17, 15) is 14.7 Å². The Morgan fingerprint density at radius 2 is 2.44 bits per heavy atom. The minimum atomic E-state index is -0.210. The lowest BCUT2D eigenvalue weighted by atomic mass is 10.2. The van der Waals surface area contributed by atoms with E-state index in [0.29, 0.717) is 17.4 Å². The summed E-state index contributed by atoms with van der Waals surface area (Å²) < 4.78 is 0. The molecule has 2 heterocycles. The lowest BCUT2D eigenvalue weighted by Crippen LogP contribution is -2.37. The van der Waals surface area contributed by atoms with Gasteiger partial charge in [-0.15, -0.1) is 11.3 Å². The molecule has 1 atom stereocenters. The van der Waals surface area contributed by atoms with Crippen LogP contribution in [0.2, 0.25) is 0 Å². The van der Waals surface area contributed by atoms with Gasteiger partial charge in [-0.25, -0.2) is 4.98 Å². The third-order valence-electron chi connectivity index (χ3n) is 2.86. The van der Waals surface area contributed by atoms with Crippen LogP contribution >= 0.6 is 11.3 Å². The van der Waals surface area contributed by atoms with Crippen LogP contribution in [-0.4, -0.2) is 46.0 Å². The first-order valence-corrected chi connectivity index (χ1v) is 6.64. The highest BCUT2D eigenvalue weighted by Gasteiger charge is 2.30. The van der Waals surface area contributed by atoms with Gasteiger partial charge < -0.3 is 15.3 Å². The largest absolute Gasteiger partial charge is 0.394 e. The maximum Gasteiger partial charge on any atom is 0.273 e. The molecule has 0 bridgehead atoms. The maximum absolute atomic E-state index is 12.2. The molecule has 0 unspecified atom stereocenters. The number of aliphatic hydroxyl groups is 1. The quantitative estimate of drug-likeness (QED) is 0.846. The number of thiazole rings is 1. The molecule has 98 valence electrons. The molecule has 0 spiro atoms. The average Bonchev–Trinajstić information content (AvgIpc) is 2.95. The Morgan fingerprint density at radius 1 is 1.67 bits per heavy atom. The molecule has 7 heteroatoms. The van der Waals surface area contributed by atoms with Gasteiger partial charge in [0.2, 0.25) is 5.91 Å². The highest BCUT2D eigenvalue weighted by atomic mass is 32.1. The summed E-state index contributed by atoms with van der Waals surface area (Å²) >= 11 is 1.22. The van der Waals surface area contributed by atoms with Crippen molar-refractivity contribution in [3.05, 3.63) is 11.1 Å². The standard InChI is InChI=1S/C11H15N3O3S/c1-7(16)12-11-13-9(6-18-11)10(17)14-4-2-3-8(14)5-15/h6,8,15H,2-5H2,1H3,(H,12,13,16)/t8-/m0/s1. The van der Waals surface area contributed by atoms with E-state index in [1.165, 1.54) is 18.3 Å². The zero-order chi connectivity index (χ0) is 13.1. The topological polar surface area (TPSA) is 82.5 Å². The van der Waals surface area contributed by atoms with Gasteiger partial charge in [-0.2, -0.15) is 0 Å². The lowest BCUT2D eigenvalue weighted by molar-refractivity contribution is -0.114. The van der Waals surface area contributed by atoms with E-state index >= 15 is 0 Å². The molecule has 2 rings (SSSR count). The van der Waals surface area contributed by atoms with Crippen molar-refractivity contribution in [3.8, 4) is 0 Å². The predicted molar refractivity (Wildman–Crippen MR) is 67.6 cm³/mol. The minimum Gasteiger partial charge on any atom is -0.394 e. The fourth-order valence-electron chi connectivity index (χ4n) is 2.02. The Hall–Kier alpha value is -1.47. The molecule has 1 aliphatic heterocycles. The Morgan fingerprint density at radius 3 is 3.11 bits per heavy atom. The van der Waals surface area contributed by atoms with Crippen molar-refractivity contribution >= 4 is 28.3 Å². The highest BCUT2D eigenvalue weighted by molar-refractivity contribution is 7.14. The van der Waals surface area contributed by atoms with Crippen LogP contribution in [0.5, 0.6) is 0 Å². The van der Waals surface area contributed by atoms with E-state index in [1.54, 1.807) is 10.3 Å². The molecule has 0 aromatic carbocycles. The van der Waals surface area contributed by atoms with Crippen LogP contribution in [0.1, 0.15) is 30.3 Å². The molecule has 1 aromatic rings. The predicted octanol–water partition coefficient (Wildman–Crippen LogP) is 0.698. The van der Waals surface area contributed by atoms with Crippen LogP contribution in [0.15, 0.2) is 5.38 Å². The summed E-state index contributed by atoms with van der Waals surface area (Å²) in [6.45, 7) is 2.02. The molecule has 0 saturated carbocycles. The van der Waals surface area contributed by atoms with E-state index in [2.05, 4.69) is 10.3 Å². The number of anilines is 1. The summed E-state index contributed by atoms with van der Waals surface area (Å²) in [6.07, 6.45) is 1.73. The molecule has 6 nitrogen and oxygen atoms in total. The Kier molecular flexibility index (Phi) is 3.93. The summed E-state index contributed by atoms with van der Waals surface area (Å²) in [5.41, 5.74) is 0.323. The first-order chi connectivity index (χ1) is 8.61. The third-order valence-corrected chi connectivity index (χ3v) is 3.61. The third kappa shape index (κ3) is 2.68. The molecule has 18 heavy (non-hydrogen) atoms. The zero-order valence-electron chi connectivity index (χ0n) is 10.0. The van der Waals surface area contributed by atoms with Crippen LogP contribution < -0.4 is 5.32 Å². The summed E-state index contributed by atoms with van der Waals surface area (Å²) in [5.74, 6) is -0.392. The van der Waals surface area contributed by atoms with Gasteiger partial charge in [0.1, 0.15) is 5.69 Å². The lowest BCUT2D eigenvalue weighted by Gasteiger charge is -2.21. The Bertz CT molecular complexity index is 460. The number of nitrogens with zero attached hydrogens (tertiary/aromatic N) is 2. The van der Waals surface area contributed by atoms with E-state index in [1.807, 2.05) is 0 Å². The van der Waals surface area contributed by atoms with Crippen molar-refractivity contribution < 1.29 is 14.7 Å². The Labute approximate surface area is 109 Å². The van der Waals surface area contributed by atoms with Crippen molar-refractivity contribution in [1.29, 1.82) is 0 Å². The number of hydrogen-bond acceptors (Lipinski definition) is 5. The molecular weight excluding hydrogens is 254 g/mol. The van der Waals surface area contributed by atoms with Gasteiger partial charge in [0.05, 0.1) is 12.6 Å². The van der Waals surface area contributed by atoms with Crippen molar-refractivity contribution in [3.63, 3.8) is 0 Å². The average molecular weight is 269 g/mol. The number of rotatable bonds is 3. The second-order valence-corrected chi connectivity index (χ2v) is 5.05. The smallest absolute Gasteiger partial charge is 0.273 e. The van der Waals surface area contributed by atoms with Gasteiger partial charge in [-0.05, 0) is 12.8 Å². The number of amides is 2. The number of carbonyl (C=O) groups excluding carboxylic acids is 2. The molecule has 1 aromatic heterocycles. The monoisotopic (exact) mass is 269 g/mol. The molecule has 1 fully saturated rings. The number of nitrogens with one attached hydrogen (secondary N) is 1. The molecule has 1 saturated heterocycles. The summed E-state index contributed by atoms with van der Waals surface area (Å²) in [4.78, 5) is 28.8. The van der Waals surface area contributed by atoms with Crippen molar-refractivity contribution in [2.24, 2.45) is 0 Å². The van der Waals surface area contributed by atoms with Crippen molar-refractivity contribution in [2.75, 3.05) is 18.5 Å². The summed E-state index contributed by atoms with van der Waals surface area (Å²) in [7, 11) is 0. The van der Waals surface area contributed by atoms with E-state index in [4.69, 9.17) is 0 Å². The molecule has 2 amide bonds. The maximum atomic E-state index is 12.2. The van der Waals surface area contributed by atoms with Crippen LogP contribution in [0, 0.1) is 0 Å². The van der Waals surface area contributed by atoms with Gasteiger partial charge in [0.15, 0.2) is 5.13 Å². The van der Waals surface area contributed by atoms with E-state index < -0.39 is 0 Å². The number of hydrogen-bond donors (Lipinski definition) is 2. The minimum absolute atomic E-state index is 0.0194. The molecule has 0 aliphatic carbocycles. The van der Waals surface area contributed by atoms with E-state index in [-0.39, 0.29) is 24.5 Å². The number of likely N-dealkylation sites (tertiary alicyclic amines) is 1. The first kappa shape index (κ1) is 13.0. The number of aliphatic hydroxyl groups excluding tert-OH is 1. The van der Waals surface area contributed by atoms with Crippen molar-refractivity contribution in [1.82, 2.24) is 9.88 Å². The van der Waals surface area contributed by atoms with Gasteiger partial charge in [0, 0.05) is 18.8 Å². The molecule has 2 N–H and O–H groups in total. The van der Waals surface area contributed by atoms with Crippen LogP contribution in [-0.2, 0) is 4.79 Å². The normalized spacial score (nSPS) is 19.0. The van der Waals surface area contributed by atoms with Gasteiger partial charge >= 0.3 is 0 Å². The van der Waals surface area contributed by atoms with Gasteiger partial charge in [-0.3, -0.25) is 9.59 Å². The number of carbonyl (C=O) groups is 2. The second-order valence-electron chi connectivity index (χ2n) is 4.20. The zero-order valence-corrected chi connectivity index (χ0v) is 10.9. The highest BCUT2D eigenvalue weighted by Crippen LogP contribution is 2.22. The van der Waals surface area contributed by atoms with Gasteiger partial charge in [-0.1, -0.05) is 0 Å². The summed E-state index contributed by atoms with van der Waals surface area (Å²) in [5, 5.41) is 13.8. The van der Waals surface area contributed by atoms with Crippen LogP contribution in [0.25, 0.3) is 0 Å². The molecule has 1 aliphatic rings. The SMILES string of the molecule is CC(=O)Nc1nc(C(=O)N2CCC[C@H]2CO)cs1. The van der Waals surface area contributed by atoms with Gasteiger partial charge in [0.25, 0.3) is 5.91 Å². The fraction of sp³-hybridized carbons (Fsp3) is 0.545. The summed E-state index contributed by atoms with van der Waals surface area (Å²) in [6, 6.07) is -0.108. The van der Waals surface area contributed by atoms with Crippen LogP contribution in [0.4, 0.5) is 5.13 Å².